The summed E-state index contributed by atoms with van der Waals surface area (Å²) < 4.78 is 2.33. The summed E-state index contributed by atoms with van der Waals surface area (Å²) in [5, 5.41) is 0.730. The van der Waals surface area contributed by atoms with E-state index in [9.17, 15) is 0 Å². The minimum absolute atomic E-state index is 0.588. The van der Waals surface area contributed by atoms with Crippen molar-refractivity contribution in [2.45, 2.75) is 40.7 Å². The van der Waals surface area contributed by atoms with Crippen molar-refractivity contribution in [3.05, 3.63) is 29.0 Å². The van der Waals surface area contributed by atoms with E-state index in [-0.39, 0.29) is 0 Å². The van der Waals surface area contributed by atoms with Crippen LogP contribution in [0.1, 0.15) is 33.5 Å². The summed E-state index contributed by atoms with van der Waals surface area (Å²) in [5.41, 5.74) is 2.12. The molecule has 0 radical (unpaired) electrons. The Morgan fingerprint density at radius 2 is 1.81 bits per heavy atom. The van der Waals surface area contributed by atoms with Crippen molar-refractivity contribution in [1.29, 1.82) is 0 Å². The van der Waals surface area contributed by atoms with Gasteiger partial charge in [0.05, 0.1) is 11.0 Å². The first-order chi connectivity index (χ1) is 9.93. The van der Waals surface area contributed by atoms with Crippen LogP contribution < -0.4 is 0 Å². The number of hydrogen-bond acceptors (Lipinski definition) is 1. The highest BCUT2D eigenvalue weighted by Crippen LogP contribution is 2.27. The lowest BCUT2D eigenvalue weighted by Crippen LogP contribution is -2.23. The van der Waals surface area contributed by atoms with Gasteiger partial charge in [-0.05, 0) is 36.0 Å². The van der Waals surface area contributed by atoms with Crippen molar-refractivity contribution in [3.63, 3.8) is 0 Å². The van der Waals surface area contributed by atoms with Gasteiger partial charge in [-0.1, -0.05) is 39.3 Å². The zero-order valence-electron chi connectivity index (χ0n) is 13.2. The maximum absolute atomic E-state index is 6.09. The van der Waals surface area contributed by atoms with Crippen LogP contribution in [0, 0.1) is 17.8 Å². The smallest absolute Gasteiger partial charge is 0.111 e. The number of alkyl halides is 1. The molecule has 0 aliphatic heterocycles. The molecule has 2 rings (SSSR count). The van der Waals surface area contributed by atoms with Crippen molar-refractivity contribution >= 4 is 34.2 Å². The van der Waals surface area contributed by atoms with E-state index in [2.05, 4.69) is 38.3 Å². The summed E-state index contributed by atoms with van der Waals surface area (Å²) in [6, 6.07) is 5.94. The molecule has 0 atom stereocenters. The van der Waals surface area contributed by atoms with Crippen molar-refractivity contribution in [2.75, 3.05) is 5.88 Å². The highest BCUT2D eigenvalue weighted by Gasteiger charge is 2.21. The summed E-state index contributed by atoms with van der Waals surface area (Å²) in [6.45, 7) is 10.2. The van der Waals surface area contributed by atoms with Gasteiger partial charge in [0.15, 0.2) is 0 Å². The first-order valence-electron chi connectivity index (χ1n) is 7.64. The molecule has 4 heteroatoms. The quantitative estimate of drug-likeness (QED) is 0.650. The third-order valence-electron chi connectivity index (χ3n) is 4.21. The van der Waals surface area contributed by atoms with E-state index in [0.29, 0.717) is 23.6 Å². The SMILES string of the molecule is CC(C)C(Cn1c(CCCl)nc2cc(Cl)ccc21)C(C)C. The molecule has 0 bridgehead atoms. The number of benzene rings is 1. The molecule has 2 aromatic rings. The largest absolute Gasteiger partial charge is 0.328 e. The zero-order chi connectivity index (χ0) is 15.6. The molecule has 0 aliphatic rings. The normalized spacial score (nSPS) is 12.2. The van der Waals surface area contributed by atoms with Gasteiger partial charge in [0.2, 0.25) is 0 Å². The lowest BCUT2D eigenvalue weighted by atomic mass is 9.85. The number of rotatable bonds is 6. The highest BCUT2D eigenvalue weighted by molar-refractivity contribution is 6.31. The summed E-state index contributed by atoms with van der Waals surface area (Å²) >= 11 is 12.0. The monoisotopic (exact) mass is 326 g/mol. The van der Waals surface area contributed by atoms with E-state index >= 15 is 0 Å². The van der Waals surface area contributed by atoms with Gasteiger partial charge in [-0.15, -0.1) is 11.6 Å². The van der Waals surface area contributed by atoms with E-state index < -0.39 is 0 Å². The standard InChI is InChI=1S/C17H24Cl2N2/c1-11(2)14(12(3)4)10-21-16-6-5-13(19)9-15(16)20-17(21)7-8-18/h5-6,9,11-12,14H,7-8,10H2,1-4H3. The van der Waals surface area contributed by atoms with Gasteiger partial charge in [-0.3, -0.25) is 0 Å². The topological polar surface area (TPSA) is 17.8 Å². The molecule has 0 aliphatic carbocycles. The minimum atomic E-state index is 0.588. The van der Waals surface area contributed by atoms with Crippen molar-refractivity contribution in [1.82, 2.24) is 9.55 Å². The van der Waals surface area contributed by atoms with Gasteiger partial charge in [0.1, 0.15) is 5.82 Å². The highest BCUT2D eigenvalue weighted by atomic mass is 35.5. The number of halogens is 2. The molecule has 21 heavy (non-hydrogen) atoms. The lowest BCUT2D eigenvalue weighted by Gasteiger charge is -2.26. The number of fused-ring (bicyclic) bond motifs is 1. The number of nitrogens with zero attached hydrogens (tertiary/aromatic N) is 2. The van der Waals surface area contributed by atoms with Crippen LogP contribution in [-0.2, 0) is 13.0 Å². The summed E-state index contributed by atoms with van der Waals surface area (Å²) in [5.74, 6) is 3.54. The predicted molar refractivity (Wildman–Crippen MR) is 92.3 cm³/mol. The fourth-order valence-electron chi connectivity index (χ4n) is 3.03. The molecule has 0 amide bonds. The van der Waals surface area contributed by atoms with E-state index in [0.717, 1.165) is 34.8 Å². The second kappa shape index (κ2) is 7.02. The maximum atomic E-state index is 6.09. The van der Waals surface area contributed by atoms with Gasteiger partial charge < -0.3 is 4.57 Å². The second-order valence-electron chi connectivity index (χ2n) is 6.36. The summed E-state index contributed by atoms with van der Waals surface area (Å²) in [6.07, 6.45) is 0.788. The molecule has 0 saturated carbocycles. The molecule has 0 saturated heterocycles. The fourth-order valence-corrected chi connectivity index (χ4v) is 3.37. The number of aryl methyl sites for hydroxylation is 1. The average molecular weight is 327 g/mol. The molecule has 0 fully saturated rings. The van der Waals surface area contributed by atoms with E-state index in [1.807, 2.05) is 12.1 Å². The van der Waals surface area contributed by atoms with Crippen LogP contribution in [0.2, 0.25) is 5.02 Å². The Kier molecular flexibility index (Phi) is 5.56. The Balaban J connectivity index is 2.46. The molecule has 116 valence electrons. The molecular weight excluding hydrogens is 303 g/mol. The van der Waals surface area contributed by atoms with Crippen LogP contribution in [-0.4, -0.2) is 15.4 Å². The molecular formula is C17H24Cl2N2. The Hall–Kier alpha value is -0.730. The van der Waals surface area contributed by atoms with E-state index in [1.165, 1.54) is 0 Å². The van der Waals surface area contributed by atoms with E-state index in [1.54, 1.807) is 0 Å². The maximum Gasteiger partial charge on any atom is 0.111 e. The molecule has 1 aromatic carbocycles. The van der Waals surface area contributed by atoms with Crippen molar-refractivity contribution in [3.8, 4) is 0 Å². The third-order valence-corrected chi connectivity index (χ3v) is 4.64. The van der Waals surface area contributed by atoms with Crippen molar-refractivity contribution in [2.24, 2.45) is 17.8 Å². The number of hydrogen-bond donors (Lipinski definition) is 0. The lowest BCUT2D eigenvalue weighted by molar-refractivity contribution is 0.252. The number of aromatic nitrogens is 2. The molecule has 1 aromatic heterocycles. The predicted octanol–water partition coefficient (Wildman–Crippen LogP) is 5.40. The summed E-state index contributed by atoms with van der Waals surface area (Å²) in [7, 11) is 0. The molecule has 1 heterocycles. The molecule has 0 spiro atoms. The van der Waals surface area contributed by atoms with Gasteiger partial charge in [0, 0.05) is 23.9 Å². The fraction of sp³-hybridized carbons (Fsp3) is 0.588. The van der Waals surface area contributed by atoms with Crippen LogP contribution in [0.3, 0.4) is 0 Å². The van der Waals surface area contributed by atoms with Gasteiger partial charge in [0.25, 0.3) is 0 Å². The van der Waals surface area contributed by atoms with Gasteiger partial charge >= 0.3 is 0 Å². The van der Waals surface area contributed by atoms with E-state index in [4.69, 9.17) is 28.2 Å². The molecule has 2 nitrogen and oxygen atoms in total. The molecule has 0 unspecified atom stereocenters. The summed E-state index contributed by atoms with van der Waals surface area (Å²) in [4.78, 5) is 4.73. The number of imidazole rings is 1. The Labute approximate surface area is 137 Å². The first kappa shape index (κ1) is 16.6. The first-order valence-corrected chi connectivity index (χ1v) is 8.56. The average Bonchev–Trinajstić information content (AvgIpc) is 2.72. The van der Waals surface area contributed by atoms with Crippen LogP contribution >= 0.6 is 23.2 Å². The van der Waals surface area contributed by atoms with Crippen LogP contribution in [0.25, 0.3) is 11.0 Å². The Morgan fingerprint density at radius 3 is 2.38 bits per heavy atom. The van der Waals surface area contributed by atoms with Crippen LogP contribution in [0.5, 0.6) is 0 Å². The van der Waals surface area contributed by atoms with Crippen LogP contribution in [0.4, 0.5) is 0 Å². The Morgan fingerprint density at radius 1 is 1.14 bits per heavy atom. The minimum Gasteiger partial charge on any atom is -0.328 e. The van der Waals surface area contributed by atoms with Gasteiger partial charge in [-0.2, -0.15) is 0 Å². The van der Waals surface area contributed by atoms with Gasteiger partial charge in [-0.25, -0.2) is 4.98 Å². The Bertz CT molecular complexity index is 594. The molecule has 0 N–H and O–H groups in total. The van der Waals surface area contributed by atoms with Crippen molar-refractivity contribution < 1.29 is 0 Å². The zero-order valence-corrected chi connectivity index (χ0v) is 14.7. The van der Waals surface area contributed by atoms with Crippen LogP contribution in [0.15, 0.2) is 18.2 Å². The third kappa shape index (κ3) is 3.73. The second-order valence-corrected chi connectivity index (χ2v) is 7.18.